The molecule has 0 aromatic heterocycles. The van der Waals surface area contributed by atoms with Gasteiger partial charge in [0.05, 0.1) is 5.56 Å². The molecule has 2 N–H and O–H groups in total. The molecule has 0 spiro atoms. The molecule has 0 saturated heterocycles. The number of carboxylic acids is 1. The zero-order valence-electron chi connectivity index (χ0n) is 12.0. The Bertz CT molecular complexity index is 567. The number of amides is 2. The maximum Gasteiger partial charge on any atom is 0.335 e. The predicted molar refractivity (Wildman–Crippen MR) is 78.3 cm³/mol. The van der Waals surface area contributed by atoms with Crippen molar-refractivity contribution < 1.29 is 14.7 Å². The minimum absolute atomic E-state index is 0.0340. The minimum Gasteiger partial charge on any atom is -0.478 e. The molecule has 1 aromatic rings. The first kappa shape index (κ1) is 13.9. The number of hydrogen-bond donors (Lipinski definition) is 2. The molecule has 112 valence electrons. The van der Waals surface area contributed by atoms with Gasteiger partial charge < -0.3 is 15.3 Å². The van der Waals surface area contributed by atoms with Crippen LogP contribution in [0, 0.1) is 5.92 Å². The first-order chi connectivity index (χ1) is 10.1. The van der Waals surface area contributed by atoms with Crippen LogP contribution in [0.2, 0.25) is 0 Å². The van der Waals surface area contributed by atoms with Crippen molar-refractivity contribution in [3.63, 3.8) is 0 Å². The molecule has 1 aromatic carbocycles. The molecule has 0 radical (unpaired) electrons. The normalized spacial score (nSPS) is 17.8. The standard InChI is InChI=1S/C16H20N2O3/c19-15(20)13-5-4-12-6-7-18(10-14(12)8-13)16(21)17-9-11-2-1-3-11/h4-5,8,11H,1-3,6-7,9-10H2,(H,17,21)(H,19,20). The fourth-order valence-electron chi connectivity index (χ4n) is 2.90. The number of nitrogens with one attached hydrogen (secondary N) is 1. The molecule has 0 bridgehead atoms. The monoisotopic (exact) mass is 288 g/mol. The summed E-state index contributed by atoms with van der Waals surface area (Å²) in [6, 6.07) is 5.15. The van der Waals surface area contributed by atoms with E-state index in [2.05, 4.69) is 5.32 Å². The van der Waals surface area contributed by atoms with E-state index >= 15 is 0 Å². The highest BCUT2D eigenvalue weighted by atomic mass is 16.4. The largest absolute Gasteiger partial charge is 0.478 e. The number of nitrogens with zero attached hydrogens (tertiary/aromatic N) is 1. The summed E-state index contributed by atoms with van der Waals surface area (Å²) in [5.74, 6) is -0.283. The second-order valence-electron chi connectivity index (χ2n) is 5.94. The van der Waals surface area contributed by atoms with Crippen LogP contribution in [0.1, 0.15) is 40.7 Å². The second-order valence-corrected chi connectivity index (χ2v) is 5.94. The lowest BCUT2D eigenvalue weighted by Gasteiger charge is -2.31. The van der Waals surface area contributed by atoms with Gasteiger partial charge in [-0.3, -0.25) is 0 Å². The summed E-state index contributed by atoms with van der Waals surface area (Å²) in [6.45, 7) is 1.94. The highest BCUT2D eigenvalue weighted by Gasteiger charge is 2.23. The van der Waals surface area contributed by atoms with Crippen LogP contribution in [0.3, 0.4) is 0 Å². The van der Waals surface area contributed by atoms with Crippen LogP contribution in [-0.4, -0.2) is 35.1 Å². The fraction of sp³-hybridized carbons (Fsp3) is 0.500. The van der Waals surface area contributed by atoms with Gasteiger partial charge in [-0.1, -0.05) is 12.5 Å². The lowest BCUT2D eigenvalue weighted by atomic mass is 9.85. The van der Waals surface area contributed by atoms with Crippen molar-refractivity contribution >= 4 is 12.0 Å². The summed E-state index contributed by atoms with van der Waals surface area (Å²) in [7, 11) is 0. The number of carbonyl (C=O) groups is 2. The van der Waals surface area contributed by atoms with Crippen molar-refractivity contribution in [1.29, 1.82) is 0 Å². The van der Waals surface area contributed by atoms with Crippen LogP contribution in [0.15, 0.2) is 18.2 Å². The van der Waals surface area contributed by atoms with Gasteiger partial charge in [0.1, 0.15) is 0 Å². The number of fused-ring (bicyclic) bond motifs is 1. The van der Waals surface area contributed by atoms with E-state index in [-0.39, 0.29) is 11.6 Å². The molecule has 0 unspecified atom stereocenters. The number of benzene rings is 1. The molecule has 5 heteroatoms. The zero-order chi connectivity index (χ0) is 14.8. The van der Waals surface area contributed by atoms with E-state index in [1.165, 1.54) is 19.3 Å². The zero-order valence-corrected chi connectivity index (χ0v) is 12.0. The van der Waals surface area contributed by atoms with E-state index in [0.717, 1.165) is 24.1 Å². The molecule has 1 heterocycles. The van der Waals surface area contributed by atoms with Gasteiger partial charge in [-0.2, -0.15) is 0 Å². The Kier molecular flexibility index (Phi) is 3.82. The van der Waals surface area contributed by atoms with Gasteiger partial charge in [-0.15, -0.1) is 0 Å². The third-order valence-electron chi connectivity index (χ3n) is 4.52. The quantitative estimate of drug-likeness (QED) is 0.896. The molecule has 1 fully saturated rings. The van der Waals surface area contributed by atoms with Crippen LogP contribution >= 0.6 is 0 Å². The Morgan fingerprint density at radius 2 is 2.10 bits per heavy atom. The van der Waals surface area contributed by atoms with Crippen molar-refractivity contribution in [2.45, 2.75) is 32.2 Å². The SMILES string of the molecule is O=C(O)c1ccc2c(c1)CN(C(=O)NCC1CCC1)CC2. The number of hydrogen-bond acceptors (Lipinski definition) is 2. The molecule has 2 aliphatic rings. The lowest BCUT2D eigenvalue weighted by molar-refractivity contribution is 0.0696. The molecule has 5 nitrogen and oxygen atoms in total. The molecular weight excluding hydrogens is 268 g/mol. The second kappa shape index (κ2) is 5.76. The Morgan fingerprint density at radius 3 is 2.76 bits per heavy atom. The molecule has 3 rings (SSSR count). The van der Waals surface area contributed by atoms with Crippen molar-refractivity contribution in [1.82, 2.24) is 10.2 Å². The lowest BCUT2D eigenvalue weighted by Crippen LogP contribution is -2.44. The van der Waals surface area contributed by atoms with Gasteiger partial charge in [-0.25, -0.2) is 9.59 Å². The summed E-state index contributed by atoms with van der Waals surface area (Å²) in [4.78, 5) is 25.0. The summed E-state index contributed by atoms with van der Waals surface area (Å²) < 4.78 is 0. The van der Waals surface area contributed by atoms with Crippen LogP contribution < -0.4 is 5.32 Å². The molecule has 1 saturated carbocycles. The maximum absolute atomic E-state index is 12.2. The van der Waals surface area contributed by atoms with Gasteiger partial charge >= 0.3 is 12.0 Å². The van der Waals surface area contributed by atoms with Crippen molar-refractivity contribution in [3.05, 3.63) is 34.9 Å². The van der Waals surface area contributed by atoms with E-state index in [1.807, 2.05) is 6.07 Å². The smallest absolute Gasteiger partial charge is 0.335 e. The summed E-state index contributed by atoms with van der Waals surface area (Å²) >= 11 is 0. The molecule has 1 aliphatic heterocycles. The molecular formula is C16H20N2O3. The third-order valence-corrected chi connectivity index (χ3v) is 4.52. The van der Waals surface area contributed by atoms with Crippen molar-refractivity contribution in [2.24, 2.45) is 5.92 Å². The average Bonchev–Trinajstić information content (AvgIpc) is 2.44. The maximum atomic E-state index is 12.2. The van der Waals surface area contributed by atoms with Crippen LogP contribution in [-0.2, 0) is 13.0 Å². The predicted octanol–water partition coefficient (Wildman–Crippen LogP) is 2.25. The Hall–Kier alpha value is -2.04. The molecule has 0 atom stereocenters. The highest BCUT2D eigenvalue weighted by molar-refractivity contribution is 5.88. The number of aromatic carboxylic acids is 1. The first-order valence-electron chi connectivity index (χ1n) is 7.51. The van der Waals surface area contributed by atoms with E-state index < -0.39 is 5.97 Å². The van der Waals surface area contributed by atoms with E-state index in [0.29, 0.717) is 19.0 Å². The van der Waals surface area contributed by atoms with Crippen molar-refractivity contribution in [3.8, 4) is 0 Å². The summed E-state index contributed by atoms with van der Waals surface area (Å²) in [6.07, 6.45) is 4.48. The van der Waals surface area contributed by atoms with Gasteiger partial charge in [0.15, 0.2) is 0 Å². The Balaban J connectivity index is 1.63. The Labute approximate surface area is 123 Å². The van der Waals surface area contributed by atoms with Crippen LogP contribution in [0.5, 0.6) is 0 Å². The van der Waals surface area contributed by atoms with Gasteiger partial charge in [0.2, 0.25) is 0 Å². The van der Waals surface area contributed by atoms with E-state index in [4.69, 9.17) is 5.11 Å². The Morgan fingerprint density at radius 1 is 1.29 bits per heavy atom. The average molecular weight is 288 g/mol. The number of urea groups is 1. The molecule has 1 aliphatic carbocycles. The summed E-state index contributed by atoms with van der Waals surface area (Å²) in [5.41, 5.74) is 2.37. The minimum atomic E-state index is -0.927. The van der Waals surface area contributed by atoms with E-state index in [1.54, 1.807) is 17.0 Å². The number of carbonyl (C=O) groups excluding carboxylic acids is 1. The fourth-order valence-corrected chi connectivity index (χ4v) is 2.90. The van der Waals surface area contributed by atoms with Gasteiger partial charge in [-0.05, 0) is 48.4 Å². The van der Waals surface area contributed by atoms with E-state index in [9.17, 15) is 9.59 Å². The summed E-state index contributed by atoms with van der Waals surface area (Å²) in [5, 5.41) is 12.0. The van der Waals surface area contributed by atoms with Crippen LogP contribution in [0.25, 0.3) is 0 Å². The molecule has 21 heavy (non-hydrogen) atoms. The topological polar surface area (TPSA) is 69.6 Å². The first-order valence-corrected chi connectivity index (χ1v) is 7.51. The van der Waals surface area contributed by atoms with Crippen molar-refractivity contribution in [2.75, 3.05) is 13.1 Å². The number of carboxylic acid groups (broad SMARTS) is 1. The van der Waals surface area contributed by atoms with Gasteiger partial charge in [0, 0.05) is 19.6 Å². The highest BCUT2D eigenvalue weighted by Crippen LogP contribution is 2.25. The van der Waals surface area contributed by atoms with Gasteiger partial charge in [0.25, 0.3) is 0 Å². The number of rotatable bonds is 3. The third kappa shape index (κ3) is 3.01. The molecule has 2 amide bonds. The van der Waals surface area contributed by atoms with Crippen LogP contribution in [0.4, 0.5) is 4.79 Å².